The molecule has 0 aliphatic carbocycles. The van der Waals surface area contributed by atoms with Gasteiger partial charge in [-0.05, 0) is 6.07 Å². The van der Waals surface area contributed by atoms with Crippen LogP contribution in [0.4, 0.5) is 0 Å². The van der Waals surface area contributed by atoms with Crippen LogP contribution in [-0.2, 0) is 20.8 Å². The summed E-state index contributed by atoms with van der Waals surface area (Å²) in [5, 5.41) is 0. The fraction of sp³-hybridized carbons (Fsp3) is 0.364. The quantitative estimate of drug-likeness (QED) is 0.475. The molecule has 1 aromatic heterocycles. The van der Waals surface area contributed by atoms with Crippen molar-refractivity contribution >= 4 is 52.5 Å². The molecule has 20 heavy (non-hydrogen) atoms. The average Bonchev–Trinajstić information content (AvgIpc) is 2.79. The van der Waals surface area contributed by atoms with E-state index in [1.165, 1.54) is 23.9 Å². The molecule has 0 radical (unpaired) electrons. The van der Waals surface area contributed by atoms with E-state index in [-0.39, 0.29) is 17.8 Å². The lowest BCUT2D eigenvalue weighted by Gasteiger charge is -2.07. The molecular weight excluding hydrogens is 332 g/mol. The maximum Gasteiger partial charge on any atom is 0.354 e. The third-order valence-electron chi connectivity index (χ3n) is 2.34. The zero-order valence-electron chi connectivity index (χ0n) is 10.5. The van der Waals surface area contributed by atoms with E-state index in [9.17, 15) is 14.4 Å². The van der Waals surface area contributed by atoms with Crippen LogP contribution >= 0.6 is 34.8 Å². The number of halogens is 3. The van der Waals surface area contributed by atoms with Crippen LogP contribution in [0.25, 0.3) is 0 Å². The van der Waals surface area contributed by atoms with Crippen LogP contribution in [0.15, 0.2) is 12.3 Å². The fourth-order valence-corrected chi connectivity index (χ4v) is 1.74. The molecule has 0 N–H and O–H groups in total. The van der Waals surface area contributed by atoms with Crippen molar-refractivity contribution in [2.45, 2.75) is 10.3 Å². The Kier molecular flexibility index (Phi) is 5.44. The number of ketones is 1. The highest BCUT2D eigenvalue weighted by Gasteiger charge is 2.33. The van der Waals surface area contributed by atoms with Gasteiger partial charge >= 0.3 is 11.9 Å². The van der Waals surface area contributed by atoms with Crippen LogP contribution in [0.5, 0.6) is 0 Å². The largest absolute Gasteiger partial charge is 0.468 e. The number of hydrogen-bond acceptors (Lipinski definition) is 5. The zero-order valence-corrected chi connectivity index (χ0v) is 12.8. The first-order valence-corrected chi connectivity index (χ1v) is 6.31. The summed E-state index contributed by atoms with van der Waals surface area (Å²) in [6.45, 7) is -0.284. The predicted octanol–water partition coefficient (Wildman–Crippen LogP) is 2.00. The Hall–Kier alpha value is -1.24. The summed E-state index contributed by atoms with van der Waals surface area (Å²) in [7, 11) is 2.35. The van der Waals surface area contributed by atoms with E-state index in [0.29, 0.717) is 0 Å². The average molecular weight is 343 g/mol. The Labute approximate surface area is 129 Å². The minimum absolute atomic E-state index is 0.0319. The van der Waals surface area contributed by atoms with Gasteiger partial charge in [0, 0.05) is 11.8 Å². The molecule has 0 saturated heterocycles. The summed E-state index contributed by atoms with van der Waals surface area (Å²) in [5.74, 6) is -2.17. The van der Waals surface area contributed by atoms with Crippen molar-refractivity contribution in [3.05, 3.63) is 23.5 Å². The molecule has 1 rings (SSSR count). The summed E-state index contributed by atoms with van der Waals surface area (Å²) in [5.41, 5.74) is -0.0650. The standard InChI is InChI=1S/C11H10Cl3NO5/c1-19-8(16)5-15-4-6(9(17)11(12,13)14)3-7(15)10(18)20-2/h3-4H,5H2,1-2H3. The Morgan fingerprint density at radius 1 is 1.20 bits per heavy atom. The SMILES string of the molecule is COC(=O)Cn1cc(C(=O)C(Cl)(Cl)Cl)cc1C(=O)OC. The smallest absolute Gasteiger partial charge is 0.354 e. The van der Waals surface area contributed by atoms with E-state index in [4.69, 9.17) is 34.8 Å². The molecule has 9 heteroatoms. The van der Waals surface area contributed by atoms with E-state index in [0.717, 1.165) is 7.11 Å². The van der Waals surface area contributed by atoms with Crippen LogP contribution in [0.1, 0.15) is 20.8 Å². The summed E-state index contributed by atoms with van der Waals surface area (Å²) >= 11 is 16.5. The third-order valence-corrected chi connectivity index (χ3v) is 2.85. The van der Waals surface area contributed by atoms with Gasteiger partial charge in [0.2, 0.25) is 5.78 Å². The maximum atomic E-state index is 11.8. The second-order valence-corrected chi connectivity index (χ2v) is 5.92. The van der Waals surface area contributed by atoms with Gasteiger partial charge in [0.15, 0.2) is 0 Å². The Morgan fingerprint density at radius 2 is 1.80 bits per heavy atom. The molecular formula is C11H10Cl3NO5. The lowest BCUT2D eigenvalue weighted by molar-refractivity contribution is -0.141. The number of hydrogen-bond donors (Lipinski definition) is 0. The van der Waals surface area contributed by atoms with Gasteiger partial charge in [0.25, 0.3) is 3.79 Å². The first kappa shape index (κ1) is 16.8. The van der Waals surface area contributed by atoms with E-state index >= 15 is 0 Å². The minimum Gasteiger partial charge on any atom is -0.468 e. The number of alkyl halides is 3. The molecule has 0 fully saturated rings. The molecule has 6 nitrogen and oxygen atoms in total. The highest BCUT2D eigenvalue weighted by atomic mass is 35.6. The van der Waals surface area contributed by atoms with Crippen molar-refractivity contribution in [3.8, 4) is 0 Å². The summed E-state index contributed by atoms with van der Waals surface area (Å²) in [6.07, 6.45) is 1.22. The molecule has 0 saturated carbocycles. The fourth-order valence-electron chi connectivity index (χ4n) is 1.41. The molecule has 0 unspecified atom stereocenters. The van der Waals surface area contributed by atoms with Crippen molar-refractivity contribution in [1.29, 1.82) is 0 Å². The van der Waals surface area contributed by atoms with Crippen molar-refractivity contribution in [1.82, 2.24) is 4.57 Å². The number of Topliss-reactive ketones (excluding diaryl/α,β-unsaturated/α-hetero) is 1. The van der Waals surface area contributed by atoms with E-state index in [1.54, 1.807) is 0 Å². The van der Waals surface area contributed by atoms with E-state index < -0.39 is 21.5 Å². The number of carbonyl (C=O) groups excluding carboxylic acids is 3. The van der Waals surface area contributed by atoms with Crippen molar-refractivity contribution in [3.63, 3.8) is 0 Å². The number of esters is 2. The third kappa shape index (κ3) is 3.88. The van der Waals surface area contributed by atoms with Gasteiger partial charge in [-0.25, -0.2) is 4.79 Å². The van der Waals surface area contributed by atoms with Crippen LogP contribution in [0, 0.1) is 0 Å². The summed E-state index contributed by atoms with van der Waals surface area (Å²) in [6, 6.07) is 1.18. The van der Waals surface area contributed by atoms with Crippen molar-refractivity contribution in [2.75, 3.05) is 14.2 Å². The normalized spacial score (nSPS) is 11.1. The molecule has 1 aromatic rings. The first-order chi connectivity index (χ1) is 9.20. The molecule has 1 heterocycles. The van der Waals surface area contributed by atoms with Gasteiger partial charge in [-0.2, -0.15) is 0 Å². The van der Waals surface area contributed by atoms with Crippen LogP contribution < -0.4 is 0 Å². The van der Waals surface area contributed by atoms with Crippen LogP contribution in [-0.4, -0.2) is 40.3 Å². The van der Waals surface area contributed by atoms with Crippen molar-refractivity contribution in [2.24, 2.45) is 0 Å². The number of carbonyl (C=O) groups is 3. The zero-order chi connectivity index (χ0) is 15.5. The van der Waals surface area contributed by atoms with Crippen LogP contribution in [0.2, 0.25) is 0 Å². The van der Waals surface area contributed by atoms with Gasteiger partial charge in [-0.3, -0.25) is 9.59 Å². The van der Waals surface area contributed by atoms with Gasteiger partial charge in [0.1, 0.15) is 12.2 Å². The van der Waals surface area contributed by atoms with Gasteiger partial charge in [-0.15, -0.1) is 0 Å². The number of nitrogens with zero attached hydrogens (tertiary/aromatic N) is 1. The summed E-state index contributed by atoms with van der Waals surface area (Å²) < 4.78 is 8.05. The minimum atomic E-state index is -2.16. The van der Waals surface area contributed by atoms with Gasteiger partial charge in [-0.1, -0.05) is 34.8 Å². The van der Waals surface area contributed by atoms with E-state index in [2.05, 4.69) is 9.47 Å². The monoisotopic (exact) mass is 341 g/mol. The highest BCUT2D eigenvalue weighted by molar-refractivity contribution is 6.77. The lowest BCUT2D eigenvalue weighted by Crippen LogP contribution is -2.18. The topological polar surface area (TPSA) is 74.6 Å². The Morgan fingerprint density at radius 3 is 2.25 bits per heavy atom. The second kappa shape index (κ2) is 6.47. The van der Waals surface area contributed by atoms with Gasteiger partial charge < -0.3 is 14.0 Å². The maximum absolute atomic E-state index is 11.8. The number of methoxy groups -OCH3 is 2. The Balaban J connectivity index is 3.22. The Bertz CT molecular complexity index is 547. The molecule has 0 aliphatic heterocycles. The first-order valence-electron chi connectivity index (χ1n) is 5.17. The van der Waals surface area contributed by atoms with E-state index in [1.807, 2.05) is 0 Å². The molecule has 0 spiro atoms. The second-order valence-electron chi connectivity index (χ2n) is 3.64. The number of rotatable bonds is 4. The van der Waals surface area contributed by atoms with Crippen molar-refractivity contribution < 1.29 is 23.9 Å². The van der Waals surface area contributed by atoms with Crippen LogP contribution in [0.3, 0.4) is 0 Å². The molecule has 0 atom stereocenters. The number of aromatic nitrogens is 1. The summed E-state index contributed by atoms with van der Waals surface area (Å²) in [4.78, 5) is 34.7. The lowest BCUT2D eigenvalue weighted by atomic mass is 10.2. The number of ether oxygens (including phenoxy) is 2. The molecule has 0 bridgehead atoms. The molecule has 0 aromatic carbocycles. The highest BCUT2D eigenvalue weighted by Crippen LogP contribution is 2.31. The van der Waals surface area contributed by atoms with Gasteiger partial charge in [0.05, 0.1) is 14.2 Å². The molecule has 0 aliphatic rings. The molecule has 0 amide bonds. The molecule has 110 valence electrons. The predicted molar refractivity (Wildman–Crippen MR) is 72.4 cm³/mol.